The number of rotatable bonds is 4. The van der Waals surface area contributed by atoms with Gasteiger partial charge in [-0.15, -0.1) is 0 Å². The molecule has 0 saturated carbocycles. The first-order valence-electron chi connectivity index (χ1n) is 10.9. The lowest BCUT2D eigenvalue weighted by molar-refractivity contribution is 0.0713. The predicted molar refractivity (Wildman–Crippen MR) is 129 cm³/mol. The second-order valence-corrected chi connectivity index (χ2v) is 10.3. The van der Waals surface area contributed by atoms with Crippen molar-refractivity contribution >= 4 is 32.7 Å². The van der Waals surface area contributed by atoms with Crippen LogP contribution in [0.5, 0.6) is 0 Å². The number of ether oxygens (including phenoxy) is 1. The van der Waals surface area contributed by atoms with Gasteiger partial charge in [0, 0.05) is 22.0 Å². The van der Waals surface area contributed by atoms with Gasteiger partial charge in [0.1, 0.15) is 0 Å². The molecule has 0 unspecified atom stereocenters. The number of aromatic nitrogens is 1. The monoisotopic (exact) mass is 480 g/mol. The number of carbonyl (C=O) groups is 1. The van der Waals surface area contributed by atoms with Crippen LogP contribution < -0.4 is 5.32 Å². The molecule has 1 fully saturated rings. The van der Waals surface area contributed by atoms with E-state index in [-0.39, 0.29) is 23.5 Å². The Bertz CT molecular complexity index is 1100. The Balaban J connectivity index is 1.73. The van der Waals surface area contributed by atoms with Crippen molar-refractivity contribution in [3.05, 3.63) is 64.1 Å². The summed E-state index contributed by atoms with van der Waals surface area (Å²) in [7, 11) is 0. The molecule has 162 valence electrons. The van der Waals surface area contributed by atoms with Crippen LogP contribution in [-0.2, 0) is 10.2 Å². The summed E-state index contributed by atoms with van der Waals surface area (Å²) in [4.78, 5) is 18.1. The number of halogens is 1. The number of fused-ring (bicyclic) bond motifs is 1. The van der Waals surface area contributed by atoms with Gasteiger partial charge in [-0.25, -0.2) is 4.98 Å². The van der Waals surface area contributed by atoms with Gasteiger partial charge in [0.2, 0.25) is 0 Å². The summed E-state index contributed by atoms with van der Waals surface area (Å²) in [6.45, 7) is 9.38. The third-order valence-corrected chi connectivity index (χ3v) is 6.44. The van der Waals surface area contributed by atoms with Crippen molar-refractivity contribution < 1.29 is 9.53 Å². The molecule has 0 spiro atoms. The van der Waals surface area contributed by atoms with Crippen molar-refractivity contribution in [3.8, 4) is 11.3 Å². The van der Waals surface area contributed by atoms with Crippen molar-refractivity contribution in [2.24, 2.45) is 0 Å². The number of benzene rings is 2. The number of hydrogen-bond acceptors (Lipinski definition) is 3. The van der Waals surface area contributed by atoms with Crippen LogP contribution in [0.4, 0.5) is 0 Å². The standard InChI is InChI=1S/C26H29BrN2O2/c1-16(24-6-5-13-31-24)28-25(30)21-15-23(29-22-12-11-19(27)14-20(21)22)17-7-9-18(10-8-17)26(2,3)4/h7-12,14-16,24H,5-6,13H2,1-4H3,(H,28,30)/t16-,24+/m0/s1. The number of nitrogens with one attached hydrogen (secondary N) is 1. The zero-order valence-electron chi connectivity index (χ0n) is 18.5. The predicted octanol–water partition coefficient (Wildman–Crippen LogP) is 6.26. The molecule has 4 nitrogen and oxygen atoms in total. The molecule has 3 aromatic rings. The molecule has 1 aromatic heterocycles. The van der Waals surface area contributed by atoms with Crippen LogP contribution in [0.15, 0.2) is 53.0 Å². The Morgan fingerprint density at radius 2 is 1.90 bits per heavy atom. The molecule has 1 aliphatic rings. The van der Waals surface area contributed by atoms with Crippen molar-refractivity contribution in [2.45, 2.75) is 58.1 Å². The first-order chi connectivity index (χ1) is 14.7. The van der Waals surface area contributed by atoms with Crippen LogP contribution in [0, 0.1) is 0 Å². The van der Waals surface area contributed by atoms with Crippen LogP contribution in [0.25, 0.3) is 22.2 Å². The average molecular weight is 481 g/mol. The molecular formula is C26H29BrN2O2. The molecule has 0 aliphatic carbocycles. The highest BCUT2D eigenvalue weighted by Crippen LogP contribution is 2.29. The maximum atomic E-state index is 13.3. The Kier molecular flexibility index (Phi) is 6.18. The quantitative estimate of drug-likeness (QED) is 0.479. The summed E-state index contributed by atoms with van der Waals surface area (Å²) >= 11 is 3.53. The minimum absolute atomic E-state index is 0.0418. The van der Waals surface area contributed by atoms with Crippen LogP contribution in [-0.4, -0.2) is 29.6 Å². The molecule has 2 atom stereocenters. The third kappa shape index (κ3) is 4.83. The number of hydrogen-bond donors (Lipinski definition) is 1. The minimum atomic E-state index is -0.0962. The van der Waals surface area contributed by atoms with Crippen molar-refractivity contribution in [3.63, 3.8) is 0 Å². The molecule has 4 rings (SSSR count). The minimum Gasteiger partial charge on any atom is -0.376 e. The number of carbonyl (C=O) groups excluding carboxylic acids is 1. The second-order valence-electron chi connectivity index (χ2n) is 9.36. The smallest absolute Gasteiger partial charge is 0.252 e. The fourth-order valence-electron chi connectivity index (χ4n) is 4.05. The SMILES string of the molecule is C[C@H](NC(=O)c1cc(-c2ccc(C(C)(C)C)cc2)nc2ccc(Br)cc12)[C@H]1CCCO1. The van der Waals surface area contributed by atoms with Crippen LogP contribution in [0.3, 0.4) is 0 Å². The largest absolute Gasteiger partial charge is 0.376 e. The Morgan fingerprint density at radius 1 is 1.16 bits per heavy atom. The zero-order chi connectivity index (χ0) is 22.2. The van der Waals surface area contributed by atoms with Crippen molar-refractivity contribution in [1.82, 2.24) is 10.3 Å². The van der Waals surface area contributed by atoms with E-state index in [2.05, 4.69) is 66.3 Å². The topological polar surface area (TPSA) is 51.2 Å². The van der Waals surface area contributed by atoms with E-state index in [1.165, 1.54) is 5.56 Å². The van der Waals surface area contributed by atoms with E-state index in [0.717, 1.165) is 46.1 Å². The summed E-state index contributed by atoms with van der Waals surface area (Å²) in [5.74, 6) is -0.0962. The lowest BCUT2D eigenvalue weighted by Gasteiger charge is -2.21. The molecule has 1 amide bonds. The van der Waals surface area contributed by atoms with E-state index in [0.29, 0.717) is 5.56 Å². The Morgan fingerprint density at radius 3 is 2.55 bits per heavy atom. The Labute approximate surface area is 192 Å². The van der Waals surface area contributed by atoms with E-state index < -0.39 is 0 Å². The van der Waals surface area contributed by atoms with Gasteiger partial charge in [0.05, 0.1) is 28.9 Å². The van der Waals surface area contributed by atoms with Crippen molar-refractivity contribution in [2.75, 3.05) is 6.61 Å². The zero-order valence-corrected chi connectivity index (χ0v) is 20.1. The first kappa shape index (κ1) is 22.0. The molecule has 2 heterocycles. The average Bonchev–Trinajstić information content (AvgIpc) is 3.27. The highest BCUT2D eigenvalue weighted by atomic mass is 79.9. The van der Waals surface area contributed by atoms with E-state index >= 15 is 0 Å². The lowest BCUT2D eigenvalue weighted by atomic mass is 9.86. The van der Waals surface area contributed by atoms with Crippen LogP contribution in [0.1, 0.15) is 56.5 Å². The molecular weight excluding hydrogens is 452 g/mol. The molecule has 1 aliphatic heterocycles. The third-order valence-electron chi connectivity index (χ3n) is 5.94. The van der Waals surface area contributed by atoms with Crippen LogP contribution >= 0.6 is 15.9 Å². The van der Waals surface area contributed by atoms with Gasteiger partial charge in [0.25, 0.3) is 5.91 Å². The van der Waals surface area contributed by atoms with Gasteiger partial charge in [-0.05, 0) is 55.0 Å². The van der Waals surface area contributed by atoms with Crippen molar-refractivity contribution in [1.29, 1.82) is 0 Å². The highest BCUT2D eigenvalue weighted by molar-refractivity contribution is 9.10. The van der Waals surface area contributed by atoms with E-state index in [9.17, 15) is 4.79 Å². The molecule has 0 bridgehead atoms. The normalized spacial score (nSPS) is 17.6. The maximum Gasteiger partial charge on any atom is 0.252 e. The highest BCUT2D eigenvalue weighted by Gasteiger charge is 2.25. The van der Waals surface area contributed by atoms with Gasteiger partial charge in [-0.3, -0.25) is 4.79 Å². The fourth-order valence-corrected chi connectivity index (χ4v) is 4.41. The number of pyridine rings is 1. The lowest BCUT2D eigenvalue weighted by Crippen LogP contribution is -2.40. The van der Waals surface area contributed by atoms with Gasteiger partial charge in [-0.1, -0.05) is 61.0 Å². The molecule has 2 aromatic carbocycles. The van der Waals surface area contributed by atoms with E-state index in [1.807, 2.05) is 31.2 Å². The summed E-state index contributed by atoms with van der Waals surface area (Å²) in [5.41, 5.74) is 4.58. The summed E-state index contributed by atoms with van der Waals surface area (Å²) in [6.07, 6.45) is 2.10. The molecule has 31 heavy (non-hydrogen) atoms. The number of nitrogens with zero attached hydrogens (tertiary/aromatic N) is 1. The van der Waals surface area contributed by atoms with Crippen LogP contribution in [0.2, 0.25) is 0 Å². The van der Waals surface area contributed by atoms with Gasteiger partial charge >= 0.3 is 0 Å². The molecule has 1 saturated heterocycles. The summed E-state index contributed by atoms with van der Waals surface area (Å²) in [5, 5.41) is 3.99. The molecule has 1 N–H and O–H groups in total. The second kappa shape index (κ2) is 8.71. The first-order valence-corrected chi connectivity index (χ1v) is 11.7. The fraction of sp³-hybridized carbons (Fsp3) is 0.385. The van der Waals surface area contributed by atoms with Gasteiger partial charge in [0.15, 0.2) is 0 Å². The molecule has 5 heteroatoms. The van der Waals surface area contributed by atoms with E-state index in [4.69, 9.17) is 9.72 Å². The molecule has 0 radical (unpaired) electrons. The summed E-state index contributed by atoms with van der Waals surface area (Å²) in [6, 6.07) is 16.2. The maximum absolute atomic E-state index is 13.3. The number of amides is 1. The summed E-state index contributed by atoms with van der Waals surface area (Å²) < 4.78 is 6.68. The van der Waals surface area contributed by atoms with Gasteiger partial charge < -0.3 is 10.1 Å². The van der Waals surface area contributed by atoms with Gasteiger partial charge in [-0.2, -0.15) is 0 Å². The van der Waals surface area contributed by atoms with E-state index in [1.54, 1.807) is 0 Å². The Hall–Kier alpha value is -2.24.